The first-order chi connectivity index (χ1) is 7.52. The molecule has 0 fully saturated rings. The molecule has 1 unspecified atom stereocenters. The van der Waals surface area contributed by atoms with Crippen molar-refractivity contribution >= 4 is 11.7 Å². The van der Waals surface area contributed by atoms with Gasteiger partial charge in [-0.15, -0.1) is 0 Å². The van der Waals surface area contributed by atoms with Crippen LogP contribution >= 0.6 is 0 Å². The van der Waals surface area contributed by atoms with E-state index in [1.165, 1.54) is 0 Å². The highest BCUT2D eigenvalue weighted by Gasteiger charge is 2.45. The Morgan fingerprint density at radius 3 is 2.56 bits per heavy atom. The molecule has 16 heavy (non-hydrogen) atoms. The van der Waals surface area contributed by atoms with Gasteiger partial charge in [-0.25, -0.2) is 4.79 Å². The van der Waals surface area contributed by atoms with Crippen LogP contribution in [0.1, 0.15) is 25.3 Å². The van der Waals surface area contributed by atoms with Crippen LogP contribution in [-0.4, -0.2) is 22.4 Å². The molecule has 0 aromatic heterocycles. The van der Waals surface area contributed by atoms with Gasteiger partial charge in [0, 0.05) is 0 Å². The number of rotatable bonds is 2. The lowest BCUT2D eigenvalue weighted by Crippen LogP contribution is -2.33. The lowest BCUT2D eigenvalue weighted by Gasteiger charge is -2.24. The van der Waals surface area contributed by atoms with Crippen molar-refractivity contribution in [2.45, 2.75) is 25.4 Å². The van der Waals surface area contributed by atoms with Crippen LogP contribution in [0, 0.1) is 0 Å². The molecular weight excluding hydrogens is 206 g/mol. The molecule has 1 aliphatic rings. The van der Waals surface area contributed by atoms with Gasteiger partial charge < -0.3 is 9.94 Å². The first-order valence-electron chi connectivity index (χ1n) is 5.06. The topological polar surface area (TPSA) is 58.9 Å². The molecule has 4 heteroatoms. The standard InChI is InChI=1S/C12H13NO3/c1-12(2)9(8-6-4-3-5-7-8)10(11(14)15)13-16-12/h3-7,9H,1-2H3,(H,14,15). The lowest BCUT2D eigenvalue weighted by molar-refractivity contribution is -0.129. The van der Waals surface area contributed by atoms with Crippen LogP contribution in [0.4, 0.5) is 0 Å². The van der Waals surface area contributed by atoms with Crippen molar-refractivity contribution in [1.29, 1.82) is 0 Å². The van der Waals surface area contributed by atoms with Gasteiger partial charge >= 0.3 is 5.97 Å². The van der Waals surface area contributed by atoms with E-state index in [9.17, 15) is 4.79 Å². The fraction of sp³-hybridized carbons (Fsp3) is 0.333. The minimum absolute atomic E-state index is 0.0659. The van der Waals surface area contributed by atoms with Gasteiger partial charge in [0.2, 0.25) is 0 Å². The average molecular weight is 219 g/mol. The van der Waals surface area contributed by atoms with Crippen molar-refractivity contribution in [1.82, 2.24) is 0 Å². The lowest BCUT2D eigenvalue weighted by atomic mass is 9.82. The summed E-state index contributed by atoms with van der Waals surface area (Å²) in [6.45, 7) is 3.67. The Kier molecular flexibility index (Phi) is 2.42. The molecule has 1 atom stereocenters. The van der Waals surface area contributed by atoms with E-state index in [1.807, 2.05) is 44.2 Å². The number of aliphatic carboxylic acids is 1. The van der Waals surface area contributed by atoms with E-state index in [4.69, 9.17) is 9.94 Å². The van der Waals surface area contributed by atoms with Crippen molar-refractivity contribution in [2.24, 2.45) is 5.16 Å². The molecule has 1 aromatic carbocycles. The smallest absolute Gasteiger partial charge is 0.354 e. The Labute approximate surface area is 93.5 Å². The molecule has 0 radical (unpaired) electrons. The molecule has 0 aliphatic carbocycles. The molecule has 0 saturated carbocycles. The van der Waals surface area contributed by atoms with E-state index in [2.05, 4.69) is 5.16 Å². The molecule has 1 aromatic rings. The van der Waals surface area contributed by atoms with Crippen LogP contribution in [0.2, 0.25) is 0 Å². The first kappa shape index (κ1) is 10.7. The molecule has 0 bridgehead atoms. The molecule has 0 saturated heterocycles. The van der Waals surface area contributed by atoms with Gasteiger partial charge in [-0.1, -0.05) is 35.5 Å². The molecule has 84 valence electrons. The number of carboxylic acid groups (broad SMARTS) is 1. The summed E-state index contributed by atoms with van der Waals surface area (Å²) in [5, 5.41) is 12.7. The van der Waals surface area contributed by atoms with E-state index in [-0.39, 0.29) is 11.6 Å². The van der Waals surface area contributed by atoms with Crippen LogP contribution in [0.25, 0.3) is 0 Å². The van der Waals surface area contributed by atoms with Crippen molar-refractivity contribution in [3.8, 4) is 0 Å². The molecule has 0 amide bonds. The third kappa shape index (κ3) is 1.66. The average Bonchev–Trinajstić information content (AvgIpc) is 2.55. The quantitative estimate of drug-likeness (QED) is 0.827. The number of hydrogen-bond acceptors (Lipinski definition) is 3. The molecule has 4 nitrogen and oxygen atoms in total. The molecule has 2 rings (SSSR count). The predicted octanol–water partition coefficient (Wildman–Crippen LogP) is 2.02. The first-order valence-corrected chi connectivity index (χ1v) is 5.06. The van der Waals surface area contributed by atoms with Gasteiger partial charge in [-0.05, 0) is 19.4 Å². The van der Waals surface area contributed by atoms with Gasteiger partial charge in [0.1, 0.15) is 5.60 Å². The number of carbonyl (C=O) groups is 1. The number of hydrogen-bond donors (Lipinski definition) is 1. The zero-order valence-corrected chi connectivity index (χ0v) is 9.18. The number of benzene rings is 1. The number of oxime groups is 1. The summed E-state index contributed by atoms with van der Waals surface area (Å²) in [5.74, 6) is -1.36. The molecule has 0 spiro atoms. The normalized spacial score (nSPS) is 22.4. The minimum Gasteiger partial charge on any atom is -0.477 e. The van der Waals surface area contributed by atoms with E-state index < -0.39 is 11.6 Å². The summed E-state index contributed by atoms with van der Waals surface area (Å²) in [4.78, 5) is 16.3. The monoisotopic (exact) mass is 219 g/mol. The van der Waals surface area contributed by atoms with Gasteiger partial charge in [0.25, 0.3) is 0 Å². The fourth-order valence-electron chi connectivity index (χ4n) is 1.97. The van der Waals surface area contributed by atoms with Gasteiger partial charge in [0.15, 0.2) is 5.71 Å². The van der Waals surface area contributed by atoms with Crippen LogP contribution < -0.4 is 0 Å². The van der Waals surface area contributed by atoms with E-state index >= 15 is 0 Å². The second kappa shape index (κ2) is 3.63. The summed E-state index contributed by atoms with van der Waals surface area (Å²) in [6.07, 6.45) is 0. The van der Waals surface area contributed by atoms with Gasteiger partial charge in [0.05, 0.1) is 5.92 Å². The maximum Gasteiger partial charge on any atom is 0.354 e. The highest BCUT2D eigenvalue weighted by molar-refractivity contribution is 6.38. The third-order valence-electron chi connectivity index (χ3n) is 2.70. The van der Waals surface area contributed by atoms with Gasteiger partial charge in [-0.2, -0.15) is 0 Å². The van der Waals surface area contributed by atoms with E-state index in [0.29, 0.717) is 0 Å². The van der Waals surface area contributed by atoms with E-state index in [1.54, 1.807) is 0 Å². The molecule has 1 N–H and O–H groups in total. The maximum absolute atomic E-state index is 11.1. The van der Waals surface area contributed by atoms with Crippen LogP contribution in [-0.2, 0) is 9.63 Å². The largest absolute Gasteiger partial charge is 0.477 e. The summed E-state index contributed by atoms with van der Waals surface area (Å²) < 4.78 is 0. The van der Waals surface area contributed by atoms with Crippen LogP contribution in [0.5, 0.6) is 0 Å². The highest BCUT2D eigenvalue weighted by atomic mass is 16.7. The summed E-state index contributed by atoms with van der Waals surface area (Å²) in [5.41, 5.74) is 0.358. The van der Waals surface area contributed by atoms with Crippen molar-refractivity contribution < 1.29 is 14.7 Å². The Morgan fingerprint density at radius 2 is 2.00 bits per heavy atom. The zero-order chi connectivity index (χ0) is 11.8. The van der Waals surface area contributed by atoms with Crippen LogP contribution in [0.3, 0.4) is 0 Å². The number of carboxylic acids is 1. The van der Waals surface area contributed by atoms with Crippen molar-refractivity contribution in [3.63, 3.8) is 0 Å². The Morgan fingerprint density at radius 1 is 1.38 bits per heavy atom. The Bertz CT molecular complexity index is 437. The molecule has 1 heterocycles. The molecule has 1 aliphatic heterocycles. The zero-order valence-electron chi connectivity index (χ0n) is 9.18. The third-order valence-corrected chi connectivity index (χ3v) is 2.70. The SMILES string of the molecule is CC1(C)ON=C(C(=O)O)C1c1ccccc1. The highest BCUT2D eigenvalue weighted by Crippen LogP contribution is 2.37. The second-order valence-corrected chi connectivity index (χ2v) is 4.32. The van der Waals surface area contributed by atoms with Crippen molar-refractivity contribution in [3.05, 3.63) is 35.9 Å². The van der Waals surface area contributed by atoms with Gasteiger partial charge in [-0.3, -0.25) is 0 Å². The van der Waals surface area contributed by atoms with E-state index in [0.717, 1.165) is 5.56 Å². The Hall–Kier alpha value is -1.84. The number of nitrogens with zero attached hydrogens (tertiary/aromatic N) is 1. The summed E-state index contributed by atoms with van der Waals surface area (Å²) >= 11 is 0. The molecular formula is C12H13NO3. The second-order valence-electron chi connectivity index (χ2n) is 4.32. The van der Waals surface area contributed by atoms with Crippen molar-refractivity contribution in [2.75, 3.05) is 0 Å². The Balaban J connectivity index is 2.44. The maximum atomic E-state index is 11.1. The summed E-state index contributed by atoms with van der Waals surface area (Å²) in [6, 6.07) is 9.43. The minimum atomic E-state index is -1.03. The fourth-order valence-corrected chi connectivity index (χ4v) is 1.97. The predicted molar refractivity (Wildman–Crippen MR) is 59.4 cm³/mol. The van der Waals surface area contributed by atoms with Crippen LogP contribution in [0.15, 0.2) is 35.5 Å². The summed E-state index contributed by atoms with van der Waals surface area (Å²) in [7, 11) is 0.